The number of fused-ring (bicyclic) bond motifs is 3. The number of phenols is 2. The molecular formula is C46H45ClFN5O6. The van der Waals surface area contributed by atoms with E-state index in [0.29, 0.717) is 37.0 Å². The first-order valence-electron chi connectivity index (χ1n) is 20.4. The van der Waals surface area contributed by atoms with Crippen LogP contribution in [-0.2, 0) is 9.59 Å². The monoisotopic (exact) mass is 817 g/mol. The minimum absolute atomic E-state index is 0.0211. The molecule has 0 radical (unpaired) electrons. The van der Waals surface area contributed by atoms with Gasteiger partial charge in [-0.3, -0.25) is 34.3 Å². The van der Waals surface area contributed by atoms with Crippen molar-refractivity contribution in [2.24, 2.45) is 5.92 Å². The summed E-state index contributed by atoms with van der Waals surface area (Å²) in [6.07, 6.45) is 3.84. The van der Waals surface area contributed by atoms with Gasteiger partial charge in [-0.15, -0.1) is 11.6 Å². The number of allylic oxidation sites excluding steroid dienone is 1. The van der Waals surface area contributed by atoms with Gasteiger partial charge in [-0.25, -0.2) is 4.39 Å². The average molecular weight is 818 g/mol. The molecule has 3 atom stereocenters. The molecule has 0 aromatic heterocycles. The van der Waals surface area contributed by atoms with Crippen molar-refractivity contribution in [1.82, 2.24) is 15.1 Å². The molecule has 2 bridgehead atoms. The maximum atomic E-state index is 15.6. The number of nitrogens with zero attached hydrogens (tertiary/aromatic N) is 4. The van der Waals surface area contributed by atoms with E-state index in [1.165, 1.54) is 6.07 Å². The Kier molecular flexibility index (Phi) is 10.4. The summed E-state index contributed by atoms with van der Waals surface area (Å²) in [4.78, 5) is 58.6. The fourth-order valence-corrected chi connectivity index (χ4v) is 9.92. The highest BCUT2D eigenvalue weighted by Gasteiger charge is 2.48. The van der Waals surface area contributed by atoms with Crippen LogP contribution < -0.4 is 15.1 Å². The fraction of sp³-hybridized carbons (Fsp3) is 0.348. The van der Waals surface area contributed by atoms with Crippen molar-refractivity contribution in [3.05, 3.63) is 119 Å². The first-order chi connectivity index (χ1) is 28.6. The van der Waals surface area contributed by atoms with Crippen LogP contribution in [0.3, 0.4) is 0 Å². The largest absolute Gasteiger partial charge is 0.508 e. The fourth-order valence-electron chi connectivity index (χ4n) is 9.73. The summed E-state index contributed by atoms with van der Waals surface area (Å²) in [5, 5.41) is 22.2. The minimum Gasteiger partial charge on any atom is -0.508 e. The Hall–Kier alpha value is -5.72. The van der Waals surface area contributed by atoms with Gasteiger partial charge in [-0.05, 0) is 114 Å². The summed E-state index contributed by atoms with van der Waals surface area (Å²) < 4.78 is 15.6. The number of benzene rings is 4. The Balaban J connectivity index is 0.833. The lowest BCUT2D eigenvalue weighted by Crippen LogP contribution is -2.69. The highest BCUT2D eigenvalue weighted by molar-refractivity contribution is 6.24. The van der Waals surface area contributed by atoms with Crippen LogP contribution in [0.4, 0.5) is 15.8 Å². The molecule has 4 aromatic rings. The molecule has 4 amide bonds. The SMILES string of the molecule is O=C1CCC(N2C(=O)c3cc(F)c(N4CC5CC(C4)N5CC4CCN(c5ccc(C(=C(CCCl)c6ccc(O)cc6)c6ccc(O)cc6)cc5)CC4)cc3C2=O)C(=O)N1. The molecule has 11 nitrogen and oxygen atoms in total. The van der Waals surface area contributed by atoms with Crippen molar-refractivity contribution in [2.45, 2.75) is 56.7 Å². The molecular weight excluding hydrogens is 773 g/mol. The van der Waals surface area contributed by atoms with Crippen LogP contribution in [0.25, 0.3) is 11.1 Å². The van der Waals surface area contributed by atoms with E-state index >= 15 is 4.39 Å². The van der Waals surface area contributed by atoms with Crippen molar-refractivity contribution >= 4 is 57.8 Å². The molecule has 10 rings (SSSR count). The minimum atomic E-state index is -1.10. The number of alkyl halides is 1. The van der Waals surface area contributed by atoms with E-state index in [1.807, 2.05) is 29.2 Å². The Bertz CT molecular complexity index is 2330. The standard InChI is InChI=1S/C46H45ClFN5O6/c47-18-15-36(28-3-9-34(54)10-4-28)43(30-5-11-35(55)12-6-30)29-1-7-31(8-2-29)50-19-16-27(17-20-50)24-52-32-21-33(52)26-51(25-32)41-23-38-37(22-39(41)48)45(58)53(46(38)59)40-13-14-42(56)49-44(40)57/h1-12,22-23,27,32-33,40,54-55H,13-21,24-26H2,(H,49,56,57). The number of halogens is 2. The summed E-state index contributed by atoms with van der Waals surface area (Å²) in [7, 11) is 0. The zero-order valence-electron chi connectivity index (χ0n) is 32.4. The van der Waals surface area contributed by atoms with Gasteiger partial charge < -0.3 is 20.0 Å². The topological polar surface area (TPSA) is 134 Å². The smallest absolute Gasteiger partial charge is 0.262 e. The summed E-state index contributed by atoms with van der Waals surface area (Å²) in [5.41, 5.74) is 6.55. The van der Waals surface area contributed by atoms with Crippen LogP contribution in [0.15, 0.2) is 84.9 Å². The maximum Gasteiger partial charge on any atom is 0.262 e. The van der Waals surface area contributed by atoms with Gasteiger partial charge in [-0.1, -0.05) is 36.4 Å². The predicted molar refractivity (Wildman–Crippen MR) is 223 cm³/mol. The van der Waals surface area contributed by atoms with Crippen molar-refractivity contribution < 1.29 is 33.8 Å². The van der Waals surface area contributed by atoms with Crippen LogP contribution >= 0.6 is 11.6 Å². The molecule has 0 aliphatic carbocycles. The number of piperidine rings is 3. The molecule has 59 heavy (non-hydrogen) atoms. The predicted octanol–water partition coefficient (Wildman–Crippen LogP) is 6.41. The first-order valence-corrected chi connectivity index (χ1v) is 20.9. The van der Waals surface area contributed by atoms with Gasteiger partial charge in [0, 0.05) is 62.8 Å². The molecule has 304 valence electrons. The number of carbonyl (C=O) groups excluding carboxylic acids is 4. The van der Waals surface area contributed by atoms with Gasteiger partial charge in [-0.2, -0.15) is 0 Å². The highest BCUT2D eigenvalue weighted by atomic mass is 35.5. The summed E-state index contributed by atoms with van der Waals surface area (Å²) in [6.45, 7) is 4.10. The lowest BCUT2D eigenvalue weighted by molar-refractivity contribution is -0.136. The summed E-state index contributed by atoms with van der Waals surface area (Å²) in [5.74, 6) is -1.70. The van der Waals surface area contributed by atoms with E-state index in [9.17, 15) is 29.4 Å². The molecule has 5 fully saturated rings. The zero-order valence-corrected chi connectivity index (χ0v) is 33.2. The molecule has 5 saturated heterocycles. The lowest BCUT2D eigenvalue weighted by Gasteiger charge is -2.58. The van der Waals surface area contributed by atoms with Crippen molar-refractivity contribution in [1.29, 1.82) is 0 Å². The van der Waals surface area contributed by atoms with Crippen molar-refractivity contribution in [2.75, 3.05) is 48.4 Å². The molecule has 4 aromatic carbocycles. The number of nitrogens with one attached hydrogen (secondary N) is 1. The molecule has 6 heterocycles. The number of anilines is 2. The van der Waals surface area contributed by atoms with E-state index in [4.69, 9.17) is 11.6 Å². The summed E-state index contributed by atoms with van der Waals surface area (Å²) >= 11 is 6.34. The van der Waals surface area contributed by atoms with Crippen LogP contribution in [0.5, 0.6) is 11.5 Å². The maximum absolute atomic E-state index is 15.6. The lowest BCUT2D eigenvalue weighted by atomic mass is 9.84. The molecule has 6 aliphatic heterocycles. The second-order valence-electron chi connectivity index (χ2n) is 16.3. The second kappa shape index (κ2) is 15.8. The van der Waals surface area contributed by atoms with Gasteiger partial charge in [0.25, 0.3) is 11.8 Å². The molecule has 13 heteroatoms. The molecule has 6 aliphatic rings. The van der Waals surface area contributed by atoms with E-state index in [2.05, 4.69) is 39.4 Å². The summed E-state index contributed by atoms with van der Waals surface area (Å²) in [6, 6.07) is 25.1. The number of piperazine rings is 1. The van der Waals surface area contributed by atoms with E-state index in [0.717, 1.165) is 83.4 Å². The highest BCUT2D eigenvalue weighted by Crippen LogP contribution is 2.41. The molecule has 0 spiro atoms. The van der Waals surface area contributed by atoms with Gasteiger partial charge in [0.15, 0.2) is 0 Å². The Morgan fingerprint density at radius 3 is 1.92 bits per heavy atom. The van der Waals surface area contributed by atoms with Gasteiger partial charge >= 0.3 is 0 Å². The Morgan fingerprint density at radius 2 is 1.32 bits per heavy atom. The van der Waals surface area contributed by atoms with Crippen LogP contribution in [0, 0.1) is 11.7 Å². The number of imide groups is 2. The van der Waals surface area contributed by atoms with Gasteiger partial charge in [0.2, 0.25) is 11.8 Å². The van der Waals surface area contributed by atoms with Crippen LogP contribution in [0.2, 0.25) is 0 Å². The molecule has 3 unspecified atom stereocenters. The van der Waals surface area contributed by atoms with Gasteiger partial charge in [0.1, 0.15) is 23.4 Å². The molecule has 3 N–H and O–H groups in total. The van der Waals surface area contributed by atoms with Crippen molar-refractivity contribution in [3.8, 4) is 11.5 Å². The van der Waals surface area contributed by atoms with Crippen molar-refractivity contribution in [3.63, 3.8) is 0 Å². The third kappa shape index (κ3) is 7.33. The first kappa shape index (κ1) is 38.8. The normalized spacial score (nSPS) is 22.6. The second-order valence-corrected chi connectivity index (χ2v) is 16.7. The van der Waals surface area contributed by atoms with E-state index in [-0.39, 0.29) is 47.6 Å². The van der Waals surface area contributed by atoms with Gasteiger partial charge in [0.05, 0.1) is 16.8 Å². The number of aromatic hydroxyl groups is 2. The van der Waals surface area contributed by atoms with E-state index in [1.54, 1.807) is 24.3 Å². The van der Waals surface area contributed by atoms with Crippen LogP contribution in [0.1, 0.15) is 75.9 Å². The zero-order chi connectivity index (χ0) is 40.9. The number of hydrogen-bond acceptors (Lipinski definition) is 9. The number of phenolic OH excluding ortho intramolecular Hbond substituents is 2. The Morgan fingerprint density at radius 1 is 0.746 bits per heavy atom. The number of carbonyl (C=O) groups is 4. The van der Waals surface area contributed by atoms with E-state index < -0.39 is 35.5 Å². The number of rotatable bonds is 10. The molecule has 0 saturated carbocycles. The number of amides is 4. The quantitative estimate of drug-likeness (QED) is 0.0945. The third-order valence-corrected chi connectivity index (χ3v) is 13.0. The number of hydrogen-bond donors (Lipinski definition) is 3. The third-order valence-electron chi connectivity index (χ3n) is 12.8. The van der Waals surface area contributed by atoms with Crippen LogP contribution in [-0.4, -0.2) is 100 Å². The Labute approximate surface area is 346 Å². The average Bonchev–Trinajstić information content (AvgIpc) is 3.48.